The molecule has 1 aromatic rings. The van der Waals surface area contributed by atoms with Crippen LogP contribution in [0.5, 0.6) is 5.75 Å². The SMILES string of the molecule is CCNC(=NCc1ccccc1OC(F)F)NCCC(=O)N1CCCC1.I. The number of ether oxygens (including phenoxy) is 1. The molecule has 0 aliphatic carbocycles. The highest BCUT2D eigenvalue weighted by Crippen LogP contribution is 2.20. The lowest BCUT2D eigenvalue weighted by Gasteiger charge is -2.16. The summed E-state index contributed by atoms with van der Waals surface area (Å²) in [7, 11) is 0. The van der Waals surface area contributed by atoms with Crippen LogP contribution in [0.15, 0.2) is 29.3 Å². The van der Waals surface area contributed by atoms with Crippen molar-refractivity contribution < 1.29 is 18.3 Å². The van der Waals surface area contributed by atoms with E-state index in [9.17, 15) is 13.6 Å². The number of para-hydroxylation sites is 1. The van der Waals surface area contributed by atoms with Crippen molar-refractivity contribution in [1.82, 2.24) is 15.5 Å². The minimum Gasteiger partial charge on any atom is -0.434 e. The van der Waals surface area contributed by atoms with Gasteiger partial charge in [0.1, 0.15) is 5.75 Å². The number of amides is 1. The largest absolute Gasteiger partial charge is 0.434 e. The van der Waals surface area contributed by atoms with Gasteiger partial charge in [0.2, 0.25) is 5.91 Å². The summed E-state index contributed by atoms with van der Waals surface area (Å²) in [6.45, 7) is 2.06. The molecule has 27 heavy (non-hydrogen) atoms. The van der Waals surface area contributed by atoms with E-state index in [4.69, 9.17) is 0 Å². The lowest BCUT2D eigenvalue weighted by molar-refractivity contribution is -0.129. The van der Waals surface area contributed by atoms with Crippen LogP contribution in [0.1, 0.15) is 31.7 Å². The number of hydrogen-bond acceptors (Lipinski definition) is 3. The van der Waals surface area contributed by atoms with E-state index in [1.807, 2.05) is 11.8 Å². The van der Waals surface area contributed by atoms with Gasteiger partial charge in [-0.15, -0.1) is 24.0 Å². The Bertz CT molecular complexity index is 611. The normalized spacial score (nSPS) is 14.1. The smallest absolute Gasteiger partial charge is 0.387 e. The summed E-state index contributed by atoms with van der Waals surface area (Å²) in [6, 6.07) is 6.57. The van der Waals surface area contributed by atoms with E-state index in [2.05, 4.69) is 20.4 Å². The lowest BCUT2D eigenvalue weighted by Crippen LogP contribution is -2.39. The van der Waals surface area contributed by atoms with Gasteiger partial charge in [-0.1, -0.05) is 18.2 Å². The van der Waals surface area contributed by atoms with Crippen molar-refractivity contribution in [2.24, 2.45) is 4.99 Å². The maximum atomic E-state index is 12.5. The van der Waals surface area contributed by atoms with Crippen molar-refractivity contribution in [3.8, 4) is 5.75 Å². The maximum absolute atomic E-state index is 12.5. The van der Waals surface area contributed by atoms with Crippen LogP contribution >= 0.6 is 24.0 Å². The molecule has 1 aromatic carbocycles. The van der Waals surface area contributed by atoms with Crippen LogP contribution in [0, 0.1) is 0 Å². The van der Waals surface area contributed by atoms with Crippen LogP contribution in [-0.2, 0) is 11.3 Å². The first kappa shape index (κ1) is 23.4. The molecule has 0 bridgehead atoms. The number of nitrogens with one attached hydrogen (secondary N) is 2. The highest BCUT2D eigenvalue weighted by atomic mass is 127. The van der Waals surface area contributed by atoms with Gasteiger partial charge in [-0.25, -0.2) is 4.99 Å². The fourth-order valence-corrected chi connectivity index (χ4v) is 2.76. The fraction of sp³-hybridized carbons (Fsp3) is 0.556. The number of likely N-dealkylation sites (tertiary alicyclic amines) is 1. The van der Waals surface area contributed by atoms with Crippen LogP contribution in [0.4, 0.5) is 8.78 Å². The second-order valence-electron chi connectivity index (χ2n) is 5.95. The van der Waals surface area contributed by atoms with E-state index >= 15 is 0 Å². The predicted molar refractivity (Wildman–Crippen MR) is 112 cm³/mol. The third-order valence-electron chi connectivity index (χ3n) is 4.03. The summed E-state index contributed by atoms with van der Waals surface area (Å²) >= 11 is 0. The van der Waals surface area contributed by atoms with Gasteiger partial charge in [0.05, 0.1) is 6.54 Å². The number of guanidine groups is 1. The average Bonchev–Trinajstić information content (AvgIpc) is 3.15. The van der Waals surface area contributed by atoms with E-state index in [1.165, 1.54) is 6.07 Å². The molecule has 0 radical (unpaired) electrons. The summed E-state index contributed by atoms with van der Waals surface area (Å²) in [6.07, 6.45) is 2.54. The van der Waals surface area contributed by atoms with Crippen LogP contribution in [-0.4, -0.2) is 49.6 Å². The Morgan fingerprint density at radius 1 is 1.26 bits per heavy atom. The summed E-state index contributed by atoms with van der Waals surface area (Å²) in [5, 5.41) is 6.19. The van der Waals surface area contributed by atoms with E-state index < -0.39 is 6.61 Å². The van der Waals surface area contributed by atoms with Crippen molar-refractivity contribution in [3.05, 3.63) is 29.8 Å². The van der Waals surface area contributed by atoms with Gasteiger partial charge in [-0.3, -0.25) is 4.79 Å². The number of carbonyl (C=O) groups is 1. The highest BCUT2D eigenvalue weighted by Gasteiger charge is 2.17. The minimum atomic E-state index is -2.87. The fourth-order valence-electron chi connectivity index (χ4n) is 2.76. The van der Waals surface area contributed by atoms with Crippen molar-refractivity contribution in [2.75, 3.05) is 26.2 Å². The lowest BCUT2D eigenvalue weighted by atomic mass is 10.2. The molecular formula is C18H27F2IN4O2. The molecular weight excluding hydrogens is 469 g/mol. The summed E-state index contributed by atoms with van der Waals surface area (Å²) in [5.74, 6) is 0.793. The standard InChI is InChI=1S/C18H26F2N4O2.HI/c1-2-21-18(22-10-9-16(25)24-11-5-6-12-24)23-13-14-7-3-4-8-15(14)26-17(19)20;/h3-4,7-8,17H,2,5-6,9-13H2,1H3,(H2,21,22,23);1H. The Kier molecular flexibility index (Phi) is 11.0. The van der Waals surface area contributed by atoms with Crippen LogP contribution in [0.25, 0.3) is 0 Å². The molecule has 0 spiro atoms. The van der Waals surface area contributed by atoms with Gasteiger partial charge < -0.3 is 20.3 Å². The number of nitrogens with zero attached hydrogens (tertiary/aromatic N) is 2. The second-order valence-corrected chi connectivity index (χ2v) is 5.95. The molecule has 2 N–H and O–H groups in total. The predicted octanol–water partition coefficient (Wildman–Crippen LogP) is 2.97. The first-order valence-electron chi connectivity index (χ1n) is 8.92. The van der Waals surface area contributed by atoms with Crippen molar-refractivity contribution in [3.63, 3.8) is 0 Å². The molecule has 1 fully saturated rings. The molecule has 0 atom stereocenters. The van der Waals surface area contributed by atoms with Gasteiger partial charge in [-0.2, -0.15) is 8.78 Å². The molecule has 1 aliphatic heterocycles. The third kappa shape index (κ3) is 8.27. The molecule has 1 aliphatic rings. The van der Waals surface area contributed by atoms with Gasteiger partial charge in [0.25, 0.3) is 0 Å². The van der Waals surface area contributed by atoms with Crippen LogP contribution < -0.4 is 15.4 Å². The van der Waals surface area contributed by atoms with E-state index in [1.54, 1.807) is 18.2 Å². The topological polar surface area (TPSA) is 66.0 Å². The number of hydrogen-bond donors (Lipinski definition) is 2. The number of rotatable bonds is 8. The highest BCUT2D eigenvalue weighted by molar-refractivity contribution is 14.0. The first-order chi connectivity index (χ1) is 12.6. The summed E-state index contributed by atoms with van der Waals surface area (Å²) in [5.41, 5.74) is 0.568. The number of aliphatic imine (C=N–C) groups is 1. The summed E-state index contributed by atoms with van der Waals surface area (Å²) in [4.78, 5) is 18.3. The van der Waals surface area contributed by atoms with Crippen molar-refractivity contribution >= 4 is 35.8 Å². The average molecular weight is 496 g/mol. The molecule has 9 heteroatoms. The zero-order valence-electron chi connectivity index (χ0n) is 15.4. The van der Waals surface area contributed by atoms with E-state index in [0.29, 0.717) is 31.0 Å². The van der Waals surface area contributed by atoms with Gasteiger partial charge in [0, 0.05) is 38.2 Å². The minimum absolute atomic E-state index is 0. The zero-order valence-corrected chi connectivity index (χ0v) is 17.7. The molecule has 0 saturated carbocycles. The second kappa shape index (κ2) is 12.7. The quantitative estimate of drug-likeness (QED) is 0.330. The van der Waals surface area contributed by atoms with Gasteiger partial charge in [0.15, 0.2) is 5.96 Å². The van der Waals surface area contributed by atoms with E-state index in [0.717, 1.165) is 25.9 Å². The molecule has 0 aromatic heterocycles. The molecule has 2 rings (SSSR count). The Labute approximate surface area is 175 Å². The van der Waals surface area contributed by atoms with Crippen LogP contribution in [0.3, 0.4) is 0 Å². The number of alkyl halides is 2. The van der Waals surface area contributed by atoms with Crippen molar-refractivity contribution in [2.45, 2.75) is 39.3 Å². The Morgan fingerprint density at radius 3 is 2.63 bits per heavy atom. The van der Waals surface area contributed by atoms with Crippen LogP contribution in [0.2, 0.25) is 0 Å². The number of halogens is 3. The molecule has 1 saturated heterocycles. The third-order valence-corrected chi connectivity index (χ3v) is 4.03. The molecule has 0 unspecified atom stereocenters. The monoisotopic (exact) mass is 496 g/mol. The maximum Gasteiger partial charge on any atom is 0.387 e. The Morgan fingerprint density at radius 2 is 1.96 bits per heavy atom. The number of carbonyl (C=O) groups excluding carboxylic acids is 1. The Hall–Kier alpha value is -1.65. The first-order valence-corrected chi connectivity index (χ1v) is 8.92. The molecule has 152 valence electrons. The molecule has 1 heterocycles. The van der Waals surface area contributed by atoms with Gasteiger partial charge >= 0.3 is 6.61 Å². The molecule has 1 amide bonds. The van der Waals surface area contributed by atoms with Crippen molar-refractivity contribution in [1.29, 1.82) is 0 Å². The number of benzene rings is 1. The Balaban J connectivity index is 0.00000364. The summed E-state index contributed by atoms with van der Waals surface area (Å²) < 4.78 is 29.5. The zero-order chi connectivity index (χ0) is 18.8. The van der Waals surface area contributed by atoms with Gasteiger partial charge in [-0.05, 0) is 25.8 Å². The van der Waals surface area contributed by atoms with E-state index in [-0.39, 0.29) is 42.2 Å². The molecule has 6 nitrogen and oxygen atoms in total.